The zero-order chi connectivity index (χ0) is 10.7. The molecule has 1 unspecified atom stereocenters. The van der Waals surface area contributed by atoms with Crippen LogP contribution in [0.1, 0.15) is 6.42 Å². The van der Waals surface area contributed by atoms with E-state index >= 15 is 0 Å². The molecule has 0 aliphatic carbocycles. The summed E-state index contributed by atoms with van der Waals surface area (Å²) < 4.78 is 0. The Hall–Kier alpha value is -1.26. The van der Waals surface area contributed by atoms with Gasteiger partial charge in [0.1, 0.15) is 6.73 Å². The lowest BCUT2D eigenvalue weighted by atomic mass is 10.2. The highest BCUT2D eigenvalue weighted by Crippen LogP contribution is 2.21. The highest BCUT2D eigenvalue weighted by Gasteiger charge is 2.18. The van der Waals surface area contributed by atoms with Crippen LogP contribution < -0.4 is 16.0 Å². The summed E-state index contributed by atoms with van der Waals surface area (Å²) in [5.41, 5.74) is 7.99. The second kappa shape index (κ2) is 4.51. The van der Waals surface area contributed by atoms with E-state index in [2.05, 4.69) is 22.3 Å². The first-order valence-electron chi connectivity index (χ1n) is 5.25. The number of benzene rings is 1. The summed E-state index contributed by atoms with van der Waals surface area (Å²) in [7, 11) is 0. The standard InChI is InChI=1S/C11H17N3O/c12-9-5-6-14(7-9)11-3-1-10(2-4-11)13-8-15/h1-4,9,13,15H,5-8,12H2. The van der Waals surface area contributed by atoms with E-state index in [1.165, 1.54) is 5.69 Å². The van der Waals surface area contributed by atoms with Crippen molar-refractivity contribution in [2.24, 2.45) is 5.73 Å². The fraction of sp³-hybridized carbons (Fsp3) is 0.455. The third-order valence-corrected chi connectivity index (χ3v) is 2.74. The predicted molar refractivity (Wildman–Crippen MR) is 62.0 cm³/mol. The zero-order valence-electron chi connectivity index (χ0n) is 8.69. The van der Waals surface area contributed by atoms with Gasteiger partial charge in [-0.25, -0.2) is 0 Å². The Morgan fingerprint density at radius 2 is 2.13 bits per heavy atom. The molecule has 82 valence electrons. The van der Waals surface area contributed by atoms with Gasteiger partial charge in [-0.3, -0.25) is 0 Å². The van der Waals surface area contributed by atoms with Crippen LogP contribution in [0.2, 0.25) is 0 Å². The molecular weight excluding hydrogens is 190 g/mol. The lowest BCUT2D eigenvalue weighted by Crippen LogP contribution is -2.26. The van der Waals surface area contributed by atoms with E-state index in [9.17, 15) is 0 Å². The largest absolute Gasteiger partial charge is 0.377 e. The Morgan fingerprint density at radius 1 is 1.40 bits per heavy atom. The smallest absolute Gasteiger partial charge is 0.113 e. The highest BCUT2D eigenvalue weighted by atomic mass is 16.3. The average Bonchev–Trinajstić information content (AvgIpc) is 2.67. The van der Waals surface area contributed by atoms with Gasteiger partial charge in [0.05, 0.1) is 0 Å². The minimum absolute atomic E-state index is 0.0338. The van der Waals surface area contributed by atoms with E-state index in [0.29, 0.717) is 6.04 Å². The molecule has 1 aromatic carbocycles. The van der Waals surface area contributed by atoms with Crippen molar-refractivity contribution in [3.8, 4) is 0 Å². The van der Waals surface area contributed by atoms with Crippen molar-refractivity contribution in [2.45, 2.75) is 12.5 Å². The molecule has 0 bridgehead atoms. The zero-order valence-corrected chi connectivity index (χ0v) is 8.69. The number of nitrogens with zero attached hydrogens (tertiary/aromatic N) is 1. The van der Waals surface area contributed by atoms with Gasteiger partial charge in [-0.05, 0) is 30.7 Å². The van der Waals surface area contributed by atoms with Crippen LogP contribution in [0.4, 0.5) is 11.4 Å². The monoisotopic (exact) mass is 207 g/mol. The molecule has 4 N–H and O–H groups in total. The first-order chi connectivity index (χ1) is 7.29. The molecule has 0 spiro atoms. The highest BCUT2D eigenvalue weighted by molar-refractivity contribution is 5.55. The van der Waals surface area contributed by atoms with Crippen LogP contribution in [0.5, 0.6) is 0 Å². The maximum atomic E-state index is 8.70. The van der Waals surface area contributed by atoms with Gasteiger partial charge in [0.25, 0.3) is 0 Å². The number of rotatable bonds is 3. The first-order valence-corrected chi connectivity index (χ1v) is 5.25. The maximum absolute atomic E-state index is 8.70. The van der Waals surface area contributed by atoms with Crippen LogP contribution in [0.15, 0.2) is 24.3 Å². The number of aliphatic hydroxyl groups excluding tert-OH is 1. The van der Waals surface area contributed by atoms with Crippen molar-refractivity contribution in [3.63, 3.8) is 0 Å². The van der Waals surface area contributed by atoms with Crippen LogP contribution in [0.3, 0.4) is 0 Å². The van der Waals surface area contributed by atoms with Crippen molar-refractivity contribution < 1.29 is 5.11 Å². The van der Waals surface area contributed by atoms with Crippen molar-refractivity contribution >= 4 is 11.4 Å². The van der Waals surface area contributed by atoms with Gasteiger partial charge in [-0.15, -0.1) is 0 Å². The van der Waals surface area contributed by atoms with Gasteiger partial charge in [-0.1, -0.05) is 0 Å². The van der Waals surface area contributed by atoms with Gasteiger partial charge in [0, 0.05) is 30.5 Å². The molecule has 4 nitrogen and oxygen atoms in total. The van der Waals surface area contributed by atoms with Crippen LogP contribution in [-0.2, 0) is 0 Å². The number of aliphatic hydroxyl groups is 1. The Kier molecular flexibility index (Phi) is 3.08. The number of nitrogens with two attached hydrogens (primary N) is 1. The van der Waals surface area contributed by atoms with Gasteiger partial charge < -0.3 is 21.1 Å². The third kappa shape index (κ3) is 2.40. The summed E-state index contributed by atoms with van der Waals surface area (Å²) in [5.74, 6) is 0. The summed E-state index contributed by atoms with van der Waals surface area (Å²) in [6.45, 7) is 1.94. The first kappa shape index (κ1) is 10.3. The van der Waals surface area contributed by atoms with Crippen molar-refractivity contribution in [1.82, 2.24) is 0 Å². The molecule has 4 heteroatoms. The minimum atomic E-state index is -0.0338. The fourth-order valence-corrected chi connectivity index (χ4v) is 1.90. The van der Waals surface area contributed by atoms with E-state index in [-0.39, 0.29) is 6.73 Å². The lowest BCUT2D eigenvalue weighted by Gasteiger charge is -2.18. The van der Waals surface area contributed by atoms with Crippen LogP contribution in [0, 0.1) is 0 Å². The Morgan fingerprint density at radius 3 is 2.67 bits per heavy atom. The van der Waals surface area contributed by atoms with Crippen molar-refractivity contribution in [3.05, 3.63) is 24.3 Å². The molecule has 1 atom stereocenters. The quantitative estimate of drug-likeness (QED) is 0.635. The lowest BCUT2D eigenvalue weighted by molar-refractivity contribution is 0.325. The molecule has 15 heavy (non-hydrogen) atoms. The molecule has 1 fully saturated rings. The summed E-state index contributed by atoms with van der Waals surface area (Å²) in [5, 5.41) is 11.5. The molecule has 2 rings (SSSR count). The van der Waals surface area contributed by atoms with E-state index in [0.717, 1.165) is 25.2 Å². The maximum Gasteiger partial charge on any atom is 0.113 e. The molecule has 1 heterocycles. The van der Waals surface area contributed by atoms with Crippen LogP contribution in [-0.4, -0.2) is 31.0 Å². The van der Waals surface area contributed by atoms with Crippen LogP contribution >= 0.6 is 0 Å². The SMILES string of the molecule is NC1CCN(c2ccc(NCO)cc2)C1. The topological polar surface area (TPSA) is 61.5 Å². The molecule has 1 aliphatic rings. The Bertz CT molecular complexity index is 312. The normalized spacial score (nSPS) is 20.7. The Balaban J connectivity index is 2.03. The van der Waals surface area contributed by atoms with Gasteiger partial charge in [0.15, 0.2) is 0 Å². The molecule has 0 aromatic heterocycles. The van der Waals surface area contributed by atoms with Crippen molar-refractivity contribution in [2.75, 3.05) is 30.0 Å². The summed E-state index contributed by atoms with van der Waals surface area (Å²) >= 11 is 0. The Labute approximate surface area is 89.7 Å². The third-order valence-electron chi connectivity index (χ3n) is 2.74. The second-order valence-corrected chi connectivity index (χ2v) is 3.88. The van der Waals surface area contributed by atoms with E-state index in [4.69, 9.17) is 10.8 Å². The molecule has 0 saturated carbocycles. The number of hydrogen-bond acceptors (Lipinski definition) is 4. The molecule has 1 aromatic rings. The number of anilines is 2. The van der Waals surface area contributed by atoms with E-state index in [1.54, 1.807) is 0 Å². The summed E-state index contributed by atoms with van der Waals surface area (Å²) in [4.78, 5) is 2.29. The number of nitrogens with one attached hydrogen (secondary N) is 1. The second-order valence-electron chi connectivity index (χ2n) is 3.88. The van der Waals surface area contributed by atoms with Gasteiger partial charge in [-0.2, -0.15) is 0 Å². The van der Waals surface area contributed by atoms with E-state index < -0.39 is 0 Å². The predicted octanol–water partition coefficient (Wildman–Crippen LogP) is 0.586. The summed E-state index contributed by atoms with van der Waals surface area (Å²) in [6, 6.07) is 8.34. The van der Waals surface area contributed by atoms with Gasteiger partial charge in [0.2, 0.25) is 0 Å². The minimum Gasteiger partial charge on any atom is -0.377 e. The van der Waals surface area contributed by atoms with Crippen molar-refractivity contribution in [1.29, 1.82) is 0 Å². The van der Waals surface area contributed by atoms with Gasteiger partial charge >= 0.3 is 0 Å². The van der Waals surface area contributed by atoms with Crippen LogP contribution in [0.25, 0.3) is 0 Å². The number of hydrogen-bond donors (Lipinski definition) is 3. The molecule has 0 amide bonds. The molecular formula is C11H17N3O. The molecule has 1 aliphatic heterocycles. The average molecular weight is 207 g/mol. The van der Waals surface area contributed by atoms with E-state index in [1.807, 2.05) is 12.1 Å². The fourth-order valence-electron chi connectivity index (χ4n) is 1.90. The molecule has 0 radical (unpaired) electrons. The summed E-state index contributed by atoms with van der Waals surface area (Å²) in [6.07, 6.45) is 1.07. The molecule has 1 saturated heterocycles.